The lowest BCUT2D eigenvalue weighted by Crippen LogP contribution is -2.43. The fourth-order valence-corrected chi connectivity index (χ4v) is 4.37. The summed E-state index contributed by atoms with van der Waals surface area (Å²) in [7, 11) is 1.34. The number of carbonyl (C=O) groups excluding carboxylic acids is 2. The molecule has 0 aromatic heterocycles. The van der Waals surface area contributed by atoms with Crippen molar-refractivity contribution in [1.82, 2.24) is 5.32 Å². The van der Waals surface area contributed by atoms with Crippen LogP contribution in [0.2, 0.25) is 0 Å². The number of hydrogen-bond donors (Lipinski definition) is 3. The first-order valence-electron chi connectivity index (χ1n) is 12.7. The predicted octanol–water partition coefficient (Wildman–Crippen LogP) is 5.48. The number of nitrogens with two attached hydrogens (primary N) is 1. The van der Waals surface area contributed by atoms with Crippen LogP contribution >= 0.6 is 0 Å². The smallest absolute Gasteiger partial charge is 0.311 e. The summed E-state index contributed by atoms with van der Waals surface area (Å²) in [5.74, 6) is -1.53. The molecule has 39 heavy (non-hydrogen) atoms. The van der Waals surface area contributed by atoms with Crippen molar-refractivity contribution in [1.29, 1.82) is 5.41 Å². The van der Waals surface area contributed by atoms with Crippen LogP contribution in [-0.2, 0) is 16.0 Å². The summed E-state index contributed by atoms with van der Waals surface area (Å²) >= 11 is 0. The Morgan fingerprint density at radius 3 is 2.13 bits per heavy atom. The van der Waals surface area contributed by atoms with E-state index in [1.165, 1.54) is 7.11 Å². The number of amides is 1. The van der Waals surface area contributed by atoms with Gasteiger partial charge >= 0.3 is 5.97 Å². The number of nitrogen functional groups attached to an aromatic ring is 1. The number of nitrogens with one attached hydrogen (secondary N) is 2. The minimum atomic E-state index is -0.718. The fourth-order valence-electron chi connectivity index (χ4n) is 4.37. The molecule has 196 valence electrons. The average Bonchev–Trinajstić information content (AvgIpc) is 2.99. The third-order valence-corrected chi connectivity index (χ3v) is 6.48. The van der Waals surface area contributed by atoms with Crippen LogP contribution in [0.25, 0.3) is 17.2 Å². The quantitative estimate of drug-likeness (QED) is 0.147. The van der Waals surface area contributed by atoms with Crippen LogP contribution in [0.15, 0.2) is 115 Å². The lowest BCUT2D eigenvalue weighted by Gasteiger charge is -2.24. The van der Waals surface area contributed by atoms with Crippen molar-refractivity contribution in [3.63, 3.8) is 0 Å². The Balaban J connectivity index is 1.63. The van der Waals surface area contributed by atoms with Crippen molar-refractivity contribution in [3.8, 4) is 11.1 Å². The molecule has 0 saturated carbocycles. The molecule has 6 heteroatoms. The second kappa shape index (κ2) is 13.0. The molecule has 0 fully saturated rings. The van der Waals surface area contributed by atoms with E-state index < -0.39 is 17.9 Å². The monoisotopic (exact) mass is 517 g/mol. The van der Waals surface area contributed by atoms with E-state index in [1.54, 1.807) is 30.3 Å². The van der Waals surface area contributed by atoms with Gasteiger partial charge < -0.3 is 15.8 Å². The minimum absolute atomic E-state index is 0.0563. The zero-order valence-corrected chi connectivity index (χ0v) is 21.7. The van der Waals surface area contributed by atoms with Gasteiger partial charge in [0.15, 0.2) is 0 Å². The van der Waals surface area contributed by atoms with E-state index in [0.29, 0.717) is 11.1 Å². The first-order valence-corrected chi connectivity index (χ1v) is 12.7. The lowest BCUT2D eigenvalue weighted by molar-refractivity contribution is -0.145. The van der Waals surface area contributed by atoms with E-state index in [4.69, 9.17) is 15.9 Å². The van der Waals surface area contributed by atoms with Gasteiger partial charge in [-0.05, 0) is 46.9 Å². The Morgan fingerprint density at radius 2 is 1.49 bits per heavy atom. The highest BCUT2D eigenvalue weighted by atomic mass is 16.5. The molecule has 0 unspecified atom stereocenters. The van der Waals surface area contributed by atoms with E-state index in [0.717, 1.165) is 22.3 Å². The molecule has 4 N–H and O–H groups in total. The Hall–Kier alpha value is -4.97. The molecule has 0 aliphatic heterocycles. The van der Waals surface area contributed by atoms with E-state index in [2.05, 4.69) is 5.32 Å². The van der Waals surface area contributed by atoms with Crippen molar-refractivity contribution in [3.05, 3.63) is 138 Å². The SMILES string of the molecule is COC(=O)[C@@H](Cc1cccc(C(=N)N)c1)[C@H](/C=C/c1ccccc1)NC(=O)c1ccc(-c2ccccc2)cc1. The van der Waals surface area contributed by atoms with Crippen LogP contribution in [0.3, 0.4) is 0 Å². The van der Waals surface area contributed by atoms with Gasteiger partial charge in [0, 0.05) is 11.1 Å². The van der Waals surface area contributed by atoms with E-state index in [9.17, 15) is 9.59 Å². The summed E-state index contributed by atoms with van der Waals surface area (Å²) in [4.78, 5) is 26.4. The van der Waals surface area contributed by atoms with Gasteiger partial charge in [0.1, 0.15) is 5.84 Å². The molecule has 2 atom stereocenters. The molecule has 0 aliphatic carbocycles. The molecule has 6 nitrogen and oxygen atoms in total. The number of methoxy groups -OCH3 is 1. The second-order valence-electron chi connectivity index (χ2n) is 9.16. The van der Waals surface area contributed by atoms with E-state index in [-0.39, 0.29) is 18.2 Å². The molecule has 0 bridgehead atoms. The summed E-state index contributed by atoms with van der Waals surface area (Å²) in [6.45, 7) is 0. The molecule has 4 aromatic rings. The number of carbonyl (C=O) groups is 2. The first kappa shape index (κ1) is 27.1. The Labute approximate surface area is 228 Å². The Kier molecular flexibility index (Phi) is 9.03. The van der Waals surface area contributed by atoms with Crippen LogP contribution in [-0.4, -0.2) is 30.9 Å². The molecule has 1 amide bonds. The van der Waals surface area contributed by atoms with Gasteiger partial charge in [-0.15, -0.1) is 0 Å². The summed E-state index contributed by atoms with van der Waals surface area (Å²) in [5.41, 5.74) is 10.5. The van der Waals surface area contributed by atoms with Crippen LogP contribution in [0.4, 0.5) is 0 Å². The summed E-state index contributed by atoms with van der Waals surface area (Å²) in [6, 6.07) is 33.5. The molecule has 0 heterocycles. The van der Waals surface area contributed by atoms with Crippen molar-refractivity contribution >= 4 is 23.8 Å². The molecule has 0 spiro atoms. The van der Waals surface area contributed by atoms with Crippen molar-refractivity contribution in [2.45, 2.75) is 12.5 Å². The molecule has 0 aliphatic rings. The first-order chi connectivity index (χ1) is 18.9. The topological polar surface area (TPSA) is 105 Å². The highest BCUT2D eigenvalue weighted by Crippen LogP contribution is 2.21. The van der Waals surface area contributed by atoms with Crippen LogP contribution in [0, 0.1) is 11.3 Å². The third kappa shape index (κ3) is 7.29. The number of rotatable bonds is 10. The zero-order chi connectivity index (χ0) is 27.6. The van der Waals surface area contributed by atoms with Gasteiger partial charge in [0.2, 0.25) is 0 Å². The standard InChI is InChI=1S/C33H31N3O3/c1-39-33(38)29(22-24-11-8-14-28(21-24)31(34)35)30(20-15-23-9-4-2-5-10-23)36-32(37)27-18-16-26(17-19-27)25-12-6-3-7-13-25/h2-21,29-30H,22H2,1H3,(H3,34,35)(H,36,37)/b20-15+/t29-,30-/m0/s1. The Bertz CT molecular complexity index is 1450. The number of benzene rings is 4. The van der Waals surface area contributed by atoms with Gasteiger partial charge in [-0.3, -0.25) is 15.0 Å². The number of esters is 1. The van der Waals surface area contributed by atoms with Crippen LogP contribution < -0.4 is 11.1 Å². The highest BCUT2D eigenvalue weighted by molar-refractivity contribution is 5.96. The average molecular weight is 518 g/mol. The van der Waals surface area contributed by atoms with Gasteiger partial charge in [-0.2, -0.15) is 0 Å². The largest absolute Gasteiger partial charge is 0.469 e. The molecule has 4 aromatic carbocycles. The Morgan fingerprint density at radius 1 is 0.846 bits per heavy atom. The lowest BCUT2D eigenvalue weighted by atomic mass is 9.90. The normalized spacial score (nSPS) is 12.4. The predicted molar refractivity (Wildman–Crippen MR) is 155 cm³/mol. The third-order valence-electron chi connectivity index (χ3n) is 6.48. The zero-order valence-electron chi connectivity index (χ0n) is 21.7. The minimum Gasteiger partial charge on any atom is -0.469 e. The summed E-state index contributed by atoms with van der Waals surface area (Å²) < 4.78 is 5.16. The number of amidine groups is 1. The molecule has 0 radical (unpaired) electrons. The van der Waals surface area contributed by atoms with E-state index in [1.807, 2.05) is 91.0 Å². The summed E-state index contributed by atoms with van der Waals surface area (Å²) in [6.07, 6.45) is 3.98. The van der Waals surface area contributed by atoms with Crippen molar-refractivity contribution in [2.24, 2.45) is 11.7 Å². The highest BCUT2D eigenvalue weighted by Gasteiger charge is 2.29. The molecular weight excluding hydrogens is 486 g/mol. The maximum Gasteiger partial charge on any atom is 0.311 e. The number of hydrogen-bond acceptors (Lipinski definition) is 4. The maximum atomic E-state index is 13.4. The van der Waals surface area contributed by atoms with Crippen LogP contribution in [0.1, 0.15) is 27.0 Å². The molecule has 4 rings (SSSR count). The second-order valence-corrected chi connectivity index (χ2v) is 9.16. The van der Waals surface area contributed by atoms with E-state index >= 15 is 0 Å². The van der Waals surface area contributed by atoms with Gasteiger partial charge in [-0.1, -0.05) is 103 Å². The van der Waals surface area contributed by atoms with Gasteiger partial charge in [-0.25, -0.2) is 0 Å². The number of ether oxygens (including phenoxy) is 1. The molecule has 0 saturated heterocycles. The summed E-state index contributed by atoms with van der Waals surface area (Å²) in [5, 5.41) is 10.8. The van der Waals surface area contributed by atoms with Gasteiger partial charge in [0.05, 0.1) is 19.1 Å². The van der Waals surface area contributed by atoms with Crippen LogP contribution in [0.5, 0.6) is 0 Å². The maximum absolute atomic E-state index is 13.4. The fraction of sp³-hybridized carbons (Fsp3) is 0.121. The van der Waals surface area contributed by atoms with Crippen molar-refractivity contribution in [2.75, 3.05) is 7.11 Å². The van der Waals surface area contributed by atoms with Crippen molar-refractivity contribution < 1.29 is 14.3 Å². The molecular formula is C33H31N3O3. The van der Waals surface area contributed by atoms with Gasteiger partial charge in [0.25, 0.3) is 5.91 Å².